The molecular weight excluding hydrogens is 288 g/mol. The number of benzene rings is 1. The Balaban J connectivity index is 2.15. The normalized spacial score (nSPS) is 11.0. The van der Waals surface area contributed by atoms with Crippen LogP contribution in [-0.4, -0.2) is 20.9 Å². The van der Waals surface area contributed by atoms with Crippen LogP contribution in [0.5, 0.6) is 0 Å². The van der Waals surface area contributed by atoms with Gasteiger partial charge in [-0.15, -0.1) is 0 Å². The summed E-state index contributed by atoms with van der Waals surface area (Å²) < 4.78 is 0. The van der Waals surface area contributed by atoms with Gasteiger partial charge in [0, 0.05) is 29.0 Å². The van der Waals surface area contributed by atoms with Crippen LogP contribution in [0.3, 0.4) is 0 Å². The van der Waals surface area contributed by atoms with E-state index < -0.39 is 0 Å². The molecule has 0 saturated heterocycles. The maximum Gasteiger partial charge on any atom is 0.275 e. The molecule has 5 heteroatoms. The van der Waals surface area contributed by atoms with E-state index >= 15 is 0 Å². The molecule has 0 aliphatic heterocycles. The van der Waals surface area contributed by atoms with Crippen molar-refractivity contribution >= 4 is 22.5 Å². The number of rotatable bonds is 3. The number of hydrogen-bond acceptors (Lipinski definition) is 4. The van der Waals surface area contributed by atoms with E-state index in [1.54, 1.807) is 6.20 Å². The molecule has 0 bridgehead atoms. The number of amides is 1. The average Bonchev–Trinajstić information content (AvgIpc) is 2.55. The number of aryl methyl sites for hydroxylation is 1. The summed E-state index contributed by atoms with van der Waals surface area (Å²) in [6.45, 7) is 6.16. The zero-order valence-corrected chi connectivity index (χ0v) is 13.4. The van der Waals surface area contributed by atoms with Gasteiger partial charge in [-0.3, -0.25) is 14.8 Å². The third-order valence-electron chi connectivity index (χ3n) is 3.73. The van der Waals surface area contributed by atoms with Crippen LogP contribution in [0.4, 0.5) is 5.69 Å². The molecule has 1 aromatic carbocycles. The average molecular weight is 306 g/mol. The number of carbonyl (C=O) groups excluding carboxylic acids is 1. The number of aromatic nitrogens is 3. The van der Waals surface area contributed by atoms with Crippen LogP contribution in [0.2, 0.25) is 0 Å². The van der Waals surface area contributed by atoms with Crippen molar-refractivity contribution in [2.45, 2.75) is 26.7 Å². The number of hydrogen-bond donors (Lipinski definition) is 1. The van der Waals surface area contributed by atoms with Crippen molar-refractivity contribution in [3.63, 3.8) is 0 Å². The molecule has 5 nitrogen and oxygen atoms in total. The summed E-state index contributed by atoms with van der Waals surface area (Å²) in [4.78, 5) is 25.2. The second kappa shape index (κ2) is 6.12. The number of nitrogens with zero attached hydrogens (tertiary/aromatic N) is 3. The molecule has 3 aromatic rings. The van der Waals surface area contributed by atoms with E-state index in [1.165, 1.54) is 12.4 Å². The van der Waals surface area contributed by atoms with Gasteiger partial charge < -0.3 is 5.32 Å². The molecule has 2 aromatic heterocycles. The van der Waals surface area contributed by atoms with Gasteiger partial charge in [0.1, 0.15) is 5.69 Å². The predicted molar refractivity (Wildman–Crippen MR) is 90.6 cm³/mol. The zero-order chi connectivity index (χ0) is 16.4. The minimum atomic E-state index is -0.268. The maximum absolute atomic E-state index is 12.5. The lowest BCUT2D eigenvalue weighted by Crippen LogP contribution is -2.16. The van der Waals surface area contributed by atoms with E-state index in [9.17, 15) is 4.79 Å². The Morgan fingerprint density at radius 2 is 1.96 bits per heavy atom. The molecule has 0 fully saturated rings. The fraction of sp³-hybridized carbons (Fsp3) is 0.222. The van der Waals surface area contributed by atoms with Crippen molar-refractivity contribution < 1.29 is 4.79 Å². The monoisotopic (exact) mass is 306 g/mol. The first-order chi connectivity index (χ1) is 11.1. The highest BCUT2D eigenvalue weighted by atomic mass is 16.1. The standard InChI is InChI=1S/C18H18N4O/c1-11(2)16-12(3)21-14-7-5-4-6-13(14)17(16)22-18(23)15-10-19-8-9-20-15/h4-11H,1-3H3,(H,21,22,23). The van der Waals surface area contributed by atoms with Crippen LogP contribution in [0, 0.1) is 6.92 Å². The van der Waals surface area contributed by atoms with Crippen molar-refractivity contribution in [1.82, 2.24) is 15.0 Å². The molecule has 1 N–H and O–H groups in total. The Morgan fingerprint density at radius 3 is 2.65 bits per heavy atom. The van der Waals surface area contributed by atoms with E-state index in [0.29, 0.717) is 5.69 Å². The number of carbonyl (C=O) groups is 1. The van der Waals surface area contributed by atoms with Crippen molar-refractivity contribution in [3.8, 4) is 0 Å². The van der Waals surface area contributed by atoms with E-state index in [0.717, 1.165) is 27.8 Å². The summed E-state index contributed by atoms with van der Waals surface area (Å²) in [5.74, 6) is -0.0278. The molecule has 1 amide bonds. The Labute approximate surface area is 134 Å². The van der Waals surface area contributed by atoms with Crippen LogP contribution < -0.4 is 5.32 Å². The van der Waals surface area contributed by atoms with Crippen molar-refractivity contribution in [2.75, 3.05) is 5.32 Å². The quantitative estimate of drug-likeness (QED) is 0.801. The van der Waals surface area contributed by atoms with Crippen molar-refractivity contribution in [3.05, 3.63) is 59.8 Å². The SMILES string of the molecule is Cc1nc2ccccc2c(NC(=O)c2cnccn2)c1C(C)C. The minimum absolute atomic E-state index is 0.240. The van der Waals surface area contributed by atoms with Crippen LogP contribution in [0.1, 0.15) is 41.5 Å². The van der Waals surface area contributed by atoms with Crippen LogP contribution in [-0.2, 0) is 0 Å². The molecule has 3 rings (SSSR count). The maximum atomic E-state index is 12.5. The third-order valence-corrected chi connectivity index (χ3v) is 3.73. The molecule has 2 heterocycles. The Hall–Kier alpha value is -2.82. The van der Waals surface area contributed by atoms with E-state index in [1.807, 2.05) is 31.2 Å². The van der Waals surface area contributed by atoms with Crippen LogP contribution >= 0.6 is 0 Å². The number of nitrogens with one attached hydrogen (secondary N) is 1. The molecule has 0 aliphatic rings. The summed E-state index contributed by atoms with van der Waals surface area (Å²) in [7, 11) is 0. The fourth-order valence-electron chi connectivity index (χ4n) is 2.78. The van der Waals surface area contributed by atoms with E-state index in [2.05, 4.69) is 34.1 Å². The van der Waals surface area contributed by atoms with Gasteiger partial charge in [-0.2, -0.15) is 0 Å². The molecule has 0 spiro atoms. The molecule has 0 aliphatic carbocycles. The number of pyridine rings is 1. The van der Waals surface area contributed by atoms with Crippen molar-refractivity contribution in [2.24, 2.45) is 0 Å². The highest BCUT2D eigenvalue weighted by Gasteiger charge is 2.18. The van der Waals surface area contributed by atoms with Gasteiger partial charge in [-0.1, -0.05) is 32.0 Å². The summed E-state index contributed by atoms with van der Waals surface area (Å²) in [6, 6.07) is 7.81. The molecular formula is C18H18N4O. The van der Waals surface area contributed by atoms with Crippen LogP contribution in [0.25, 0.3) is 10.9 Å². The van der Waals surface area contributed by atoms with Gasteiger partial charge in [0.15, 0.2) is 0 Å². The second-order valence-corrected chi connectivity index (χ2v) is 5.70. The summed E-state index contributed by atoms with van der Waals surface area (Å²) >= 11 is 0. The van der Waals surface area contributed by atoms with Gasteiger partial charge in [0.05, 0.1) is 17.4 Å². The lowest BCUT2D eigenvalue weighted by molar-refractivity contribution is 0.102. The summed E-state index contributed by atoms with van der Waals surface area (Å²) in [5, 5.41) is 3.94. The third kappa shape index (κ3) is 2.90. The highest BCUT2D eigenvalue weighted by Crippen LogP contribution is 2.33. The van der Waals surface area contributed by atoms with Crippen LogP contribution in [0.15, 0.2) is 42.9 Å². The predicted octanol–water partition coefficient (Wildman–Crippen LogP) is 3.71. The Kier molecular flexibility index (Phi) is 4.02. The number of fused-ring (bicyclic) bond motifs is 1. The summed E-state index contributed by atoms with van der Waals surface area (Å²) in [5.41, 5.74) is 3.93. The topological polar surface area (TPSA) is 67.8 Å². The second-order valence-electron chi connectivity index (χ2n) is 5.70. The minimum Gasteiger partial charge on any atom is -0.320 e. The first kappa shape index (κ1) is 15.1. The van der Waals surface area contributed by atoms with Gasteiger partial charge in [0.2, 0.25) is 0 Å². The number of anilines is 1. The fourth-order valence-corrected chi connectivity index (χ4v) is 2.78. The highest BCUT2D eigenvalue weighted by molar-refractivity contribution is 6.08. The summed E-state index contributed by atoms with van der Waals surface area (Å²) in [6.07, 6.45) is 4.51. The van der Waals surface area contributed by atoms with Crippen molar-refractivity contribution in [1.29, 1.82) is 0 Å². The smallest absolute Gasteiger partial charge is 0.275 e. The molecule has 116 valence electrons. The zero-order valence-electron chi connectivity index (χ0n) is 13.4. The van der Waals surface area contributed by atoms with E-state index in [-0.39, 0.29) is 11.8 Å². The van der Waals surface area contributed by atoms with Gasteiger partial charge in [-0.05, 0) is 18.9 Å². The Bertz CT molecular complexity index is 860. The molecule has 0 atom stereocenters. The molecule has 23 heavy (non-hydrogen) atoms. The first-order valence-electron chi connectivity index (χ1n) is 7.54. The lowest BCUT2D eigenvalue weighted by atomic mass is 9.96. The largest absolute Gasteiger partial charge is 0.320 e. The lowest BCUT2D eigenvalue weighted by Gasteiger charge is -2.18. The molecule has 0 radical (unpaired) electrons. The Morgan fingerprint density at radius 1 is 1.17 bits per heavy atom. The van der Waals surface area contributed by atoms with E-state index in [4.69, 9.17) is 0 Å². The molecule has 0 unspecified atom stereocenters. The van der Waals surface area contributed by atoms with Gasteiger partial charge >= 0.3 is 0 Å². The van der Waals surface area contributed by atoms with Gasteiger partial charge in [0.25, 0.3) is 5.91 Å². The molecule has 0 saturated carbocycles. The first-order valence-corrected chi connectivity index (χ1v) is 7.54. The number of para-hydroxylation sites is 1. The van der Waals surface area contributed by atoms with Gasteiger partial charge in [-0.25, -0.2) is 4.98 Å².